The van der Waals surface area contributed by atoms with Crippen molar-refractivity contribution >= 4 is 39.3 Å². The number of fused-ring (bicyclic) bond motifs is 1. The van der Waals surface area contributed by atoms with E-state index in [9.17, 15) is 0 Å². The Kier molecular flexibility index (Phi) is 3.11. The standard InChI is InChI=1S/C10H13N3S2/c1-4-14-8-7-5-6(2)15-9(7)13-10(11-3)12-8/h5H,4H2,1-3H3,(H,11,12,13). The molecule has 5 heteroatoms. The fourth-order valence-corrected chi connectivity index (χ4v) is 3.05. The molecule has 0 atom stereocenters. The van der Waals surface area contributed by atoms with Gasteiger partial charge in [0, 0.05) is 17.3 Å². The Morgan fingerprint density at radius 1 is 1.47 bits per heavy atom. The lowest BCUT2D eigenvalue weighted by atomic mass is 10.4. The molecule has 0 aliphatic carbocycles. The third-order valence-corrected chi connectivity index (χ3v) is 3.80. The molecule has 0 saturated carbocycles. The molecule has 80 valence electrons. The monoisotopic (exact) mass is 239 g/mol. The first-order chi connectivity index (χ1) is 7.24. The lowest BCUT2D eigenvalue weighted by Gasteiger charge is -2.03. The van der Waals surface area contributed by atoms with E-state index in [2.05, 4.69) is 35.2 Å². The van der Waals surface area contributed by atoms with Gasteiger partial charge in [0.25, 0.3) is 0 Å². The van der Waals surface area contributed by atoms with Crippen molar-refractivity contribution in [3.8, 4) is 0 Å². The smallest absolute Gasteiger partial charge is 0.224 e. The molecule has 2 aromatic rings. The van der Waals surface area contributed by atoms with Gasteiger partial charge in [0.05, 0.1) is 0 Å². The zero-order valence-electron chi connectivity index (χ0n) is 9.00. The highest BCUT2D eigenvalue weighted by molar-refractivity contribution is 7.99. The summed E-state index contributed by atoms with van der Waals surface area (Å²) in [6.07, 6.45) is 0. The normalized spacial score (nSPS) is 10.9. The summed E-state index contributed by atoms with van der Waals surface area (Å²) in [4.78, 5) is 11.3. The van der Waals surface area contributed by atoms with Gasteiger partial charge in [-0.25, -0.2) is 9.97 Å². The van der Waals surface area contributed by atoms with Gasteiger partial charge in [-0.3, -0.25) is 0 Å². The topological polar surface area (TPSA) is 37.8 Å². The Bertz CT molecular complexity index is 479. The summed E-state index contributed by atoms with van der Waals surface area (Å²) >= 11 is 3.48. The van der Waals surface area contributed by atoms with Crippen LogP contribution in [0.4, 0.5) is 5.95 Å². The maximum absolute atomic E-state index is 4.47. The number of aryl methyl sites for hydroxylation is 1. The fourth-order valence-electron chi connectivity index (χ4n) is 1.37. The zero-order chi connectivity index (χ0) is 10.8. The molecule has 0 radical (unpaired) electrons. The minimum atomic E-state index is 0.709. The van der Waals surface area contributed by atoms with Gasteiger partial charge in [0.15, 0.2) is 0 Å². The Hall–Kier alpha value is -0.810. The summed E-state index contributed by atoms with van der Waals surface area (Å²) in [6.45, 7) is 4.24. The molecule has 0 unspecified atom stereocenters. The SMILES string of the molecule is CCSc1nc(NC)nc2sc(C)cc12. The highest BCUT2D eigenvalue weighted by atomic mass is 32.2. The van der Waals surface area contributed by atoms with E-state index < -0.39 is 0 Å². The molecular weight excluding hydrogens is 226 g/mol. The highest BCUT2D eigenvalue weighted by Crippen LogP contribution is 2.31. The van der Waals surface area contributed by atoms with Gasteiger partial charge in [-0.15, -0.1) is 23.1 Å². The van der Waals surface area contributed by atoms with Crippen LogP contribution in [0, 0.1) is 6.92 Å². The summed E-state index contributed by atoms with van der Waals surface area (Å²) in [5, 5.41) is 5.26. The molecule has 2 heterocycles. The molecule has 0 spiro atoms. The van der Waals surface area contributed by atoms with Crippen molar-refractivity contribution < 1.29 is 0 Å². The molecule has 1 N–H and O–H groups in total. The first kappa shape index (κ1) is 10.7. The van der Waals surface area contributed by atoms with E-state index in [1.165, 1.54) is 10.3 Å². The molecule has 3 nitrogen and oxygen atoms in total. The molecule has 0 saturated heterocycles. The Morgan fingerprint density at radius 2 is 2.27 bits per heavy atom. The molecule has 2 rings (SSSR count). The number of aromatic nitrogens is 2. The number of rotatable bonds is 3. The number of hydrogen-bond donors (Lipinski definition) is 1. The summed E-state index contributed by atoms with van der Waals surface area (Å²) in [5.74, 6) is 1.74. The molecular formula is C10H13N3S2. The van der Waals surface area contributed by atoms with E-state index in [0.717, 1.165) is 15.6 Å². The van der Waals surface area contributed by atoms with Crippen LogP contribution in [0.25, 0.3) is 10.2 Å². The van der Waals surface area contributed by atoms with Crippen LogP contribution in [0.15, 0.2) is 11.1 Å². The van der Waals surface area contributed by atoms with Crippen molar-refractivity contribution in [2.24, 2.45) is 0 Å². The largest absolute Gasteiger partial charge is 0.357 e. The van der Waals surface area contributed by atoms with Crippen LogP contribution in [0.2, 0.25) is 0 Å². The van der Waals surface area contributed by atoms with E-state index in [4.69, 9.17) is 0 Å². The summed E-state index contributed by atoms with van der Waals surface area (Å²) in [7, 11) is 1.85. The Morgan fingerprint density at radius 3 is 2.93 bits per heavy atom. The Balaban J connectivity index is 2.62. The molecule has 15 heavy (non-hydrogen) atoms. The lowest BCUT2D eigenvalue weighted by Crippen LogP contribution is -1.96. The fraction of sp³-hybridized carbons (Fsp3) is 0.400. The van der Waals surface area contributed by atoms with Crippen LogP contribution in [0.5, 0.6) is 0 Å². The molecule has 0 aliphatic rings. The number of anilines is 1. The molecule has 0 aliphatic heterocycles. The third kappa shape index (κ3) is 2.08. The quantitative estimate of drug-likeness (QED) is 0.659. The third-order valence-electron chi connectivity index (χ3n) is 1.99. The van der Waals surface area contributed by atoms with Crippen LogP contribution in [-0.4, -0.2) is 22.8 Å². The number of hydrogen-bond acceptors (Lipinski definition) is 5. The number of nitrogens with one attached hydrogen (secondary N) is 1. The van der Waals surface area contributed by atoms with Crippen LogP contribution >= 0.6 is 23.1 Å². The van der Waals surface area contributed by atoms with Gasteiger partial charge in [-0.05, 0) is 18.7 Å². The summed E-state index contributed by atoms with van der Waals surface area (Å²) in [6, 6.07) is 2.16. The van der Waals surface area contributed by atoms with Crippen molar-refractivity contribution in [3.05, 3.63) is 10.9 Å². The van der Waals surface area contributed by atoms with Crippen LogP contribution in [0.3, 0.4) is 0 Å². The van der Waals surface area contributed by atoms with Crippen LogP contribution in [-0.2, 0) is 0 Å². The van der Waals surface area contributed by atoms with Gasteiger partial charge >= 0.3 is 0 Å². The van der Waals surface area contributed by atoms with E-state index >= 15 is 0 Å². The first-order valence-electron chi connectivity index (χ1n) is 4.83. The van der Waals surface area contributed by atoms with E-state index in [0.29, 0.717) is 5.95 Å². The number of thiophene rings is 1. The van der Waals surface area contributed by atoms with Crippen LogP contribution < -0.4 is 5.32 Å². The second-order valence-corrected chi connectivity index (χ2v) is 5.60. The lowest BCUT2D eigenvalue weighted by molar-refractivity contribution is 1.10. The average molecular weight is 239 g/mol. The Labute approximate surface area is 97.3 Å². The minimum Gasteiger partial charge on any atom is -0.357 e. The van der Waals surface area contributed by atoms with Gasteiger partial charge in [-0.1, -0.05) is 6.92 Å². The van der Waals surface area contributed by atoms with Crippen molar-refractivity contribution in [1.29, 1.82) is 0 Å². The highest BCUT2D eigenvalue weighted by Gasteiger charge is 2.09. The van der Waals surface area contributed by atoms with Gasteiger partial charge < -0.3 is 5.32 Å². The second-order valence-electron chi connectivity index (χ2n) is 3.11. The van der Waals surface area contributed by atoms with Crippen LogP contribution in [0.1, 0.15) is 11.8 Å². The number of thioether (sulfide) groups is 1. The second kappa shape index (κ2) is 4.37. The van der Waals surface area contributed by atoms with Crippen molar-refractivity contribution in [2.75, 3.05) is 18.1 Å². The van der Waals surface area contributed by atoms with Gasteiger partial charge in [0.1, 0.15) is 9.86 Å². The summed E-state index contributed by atoms with van der Waals surface area (Å²) in [5.41, 5.74) is 0. The minimum absolute atomic E-state index is 0.709. The molecule has 0 fully saturated rings. The molecule has 0 amide bonds. The predicted molar refractivity (Wildman–Crippen MR) is 68.1 cm³/mol. The van der Waals surface area contributed by atoms with E-state index in [1.807, 2.05) is 7.05 Å². The van der Waals surface area contributed by atoms with Crippen molar-refractivity contribution in [3.63, 3.8) is 0 Å². The maximum Gasteiger partial charge on any atom is 0.224 e. The predicted octanol–water partition coefficient (Wildman–Crippen LogP) is 3.15. The maximum atomic E-state index is 4.47. The first-order valence-corrected chi connectivity index (χ1v) is 6.63. The number of nitrogens with zero attached hydrogens (tertiary/aromatic N) is 2. The van der Waals surface area contributed by atoms with Crippen molar-refractivity contribution in [2.45, 2.75) is 18.9 Å². The molecule has 0 bridgehead atoms. The molecule has 0 aromatic carbocycles. The van der Waals surface area contributed by atoms with Gasteiger partial charge in [0.2, 0.25) is 5.95 Å². The van der Waals surface area contributed by atoms with E-state index in [1.54, 1.807) is 23.1 Å². The van der Waals surface area contributed by atoms with Gasteiger partial charge in [-0.2, -0.15) is 0 Å². The zero-order valence-corrected chi connectivity index (χ0v) is 10.6. The molecule has 2 aromatic heterocycles. The summed E-state index contributed by atoms with van der Waals surface area (Å²) < 4.78 is 0. The van der Waals surface area contributed by atoms with Crippen molar-refractivity contribution in [1.82, 2.24) is 9.97 Å². The average Bonchev–Trinajstić information content (AvgIpc) is 2.58. The van der Waals surface area contributed by atoms with E-state index in [-0.39, 0.29) is 0 Å².